The summed E-state index contributed by atoms with van der Waals surface area (Å²) in [5, 5.41) is 10.9. The van der Waals surface area contributed by atoms with Gasteiger partial charge in [-0.05, 0) is 31.5 Å². The highest BCUT2D eigenvalue weighted by Crippen LogP contribution is 2.39. The maximum atomic E-state index is 11.9. The molecule has 3 N–H and O–H groups in total. The predicted octanol–water partition coefficient (Wildman–Crippen LogP) is 0.409. The first-order valence-corrected chi connectivity index (χ1v) is 7.54. The van der Waals surface area contributed by atoms with Crippen LogP contribution in [0.4, 0.5) is 11.4 Å². The predicted molar refractivity (Wildman–Crippen MR) is 84.5 cm³/mol. The smallest absolute Gasteiger partial charge is 0.262 e. The maximum Gasteiger partial charge on any atom is 0.262 e. The van der Waals surface area contributed by atoms with Crippen LogP contribution in [0.25, 0.3) is 0 Å². The van der Waals surface area contributed by atoms with Crippen molar-refractivity contribution in [2.75, 3.05) is 29.9 Å². The van der Waals surface area contributed by atoms with E-state index in [0.29, 0.717) is 12.6 Å². The highest BCUT2D eigenvalue weighted by atomic mass is 16.5. The van der Waals surface area contributed by atoms with E-state index in [1.165, 1.54) is 0 Å². The fourth-order valence-electron chi connectivity index (χ4n) is 2.94. The fourth-order valence-corrected chi connectivity index (χ4v) is 2.94. The summed E-state index contributed by atoms with van der Waals surface area (Å²) in [4.78, 5) is 13.9. The largest absolute Gasteiger partial charge is 0.483 e. The number of nitrogens with zero attached hydrogens (tertiary/aromatic N) is 2. The van der Waals surface area contributed by atoms with Crippen molar-refractivity contribution in [3.05, 3.63) is 17.7 Å². The van der Waals surface area contributed by atoms with Crippen molar-refractivity contribution in [2.45, 2.75) is 25.9 Å². The van der Waals surface area contributed by atoms with Crippen molar-refractivity contribution in [3.63, 3.8) is 0 Å². The first kappa shape index (κ1) is 13.4. The normalized spacial score (nSPS) is 23.5. The Labute approximate surface area is 128 Å². The van der Waals surface area contributed by atoms with Gasteiger partial charge in [-0.1, -0.05) is 0 Å². The zero-order chi connectivity index (χ0) is 15.3. The number of nitrogens with one attached hydrogen (secondary N) is 3. The average molecular weight is 301 g/mol. The van der Waals surface area contributed by atoms with Crippen LogP contribution in [0.2, 0.25) is 0 Å². The van der Waals surface area contributed by atoms with E-state index in [9.17, 15) is 4.79 Å². The number of benzene rings is 1. The number of amides is 1. The Balaban J connectivity index is 1.74. The molecule has 1 amide bonds. The molecule has 1 fully saturated rings. The molecule has 1 aromatic carbocycles. The van der Waals surface area contributed by atoms with E-state index >= 15 is 0 Å². The lowest BCUT2D eigenvalue weighted by molar-refractivity contribution is -0.122. The van der Waals surface area contributed by atoms with Crippen molar-refractivity contribution in [1.29, 1.82) is 0 Å². The minimum atomic E-state index is -0.295. The summed E-state index contributed by atoms with van der Waals surface area (Å²) in [6.45, 7) is 6.26. The number of ether oxygens (including phenoxy) is 1. The third kappa shape index (κ3) is 2.00. The molecule has 1 aromatic rings. The van der Waals surface area contributed by atoms with Crippen molar-refractivity contribution in [3.8, 4) is 5.75 Å². The monoisotopic (exact) mass is 301 g/mol. The first-order chi connectivity index (χ1) is 10.6. The molecule has 1 saturated heterocycles. The highest BCUT2D eigenvalue weighted by Gasteiger charge is 2.35. The quantitative estimate of drug-likeness (QED) is 0.737. The SMILES string of the molecule is Cc1cc2c(cc1NC1CNC1)N1C(=NNC(=O)[C@@H]1C)CO2. The third-order valence-electron chi connectivity index (χ3n) is 4.40. The van der Waals surface area contributed by atoms with Crippen LogP contribution in [-0.4, -0.2) is 43.5 Å². The van der Waals surface area contributed by atoms with E-state index in [1.54, 1.807) is 0 Å². The molecule has 3 aliphatic heterocycles. The molecule has 0 bridgehead atoms. The van der Waals surface area contributed by atoms with E-state index in [-0.39, 0.29) is 11.9 Å². The number of aryl methyl sites for hydroxylation is 1. The van der Waals surface area contributed by atoms with Crippen LogP contribution in [-0.2, 0) is 4.79 Å². The number of hydrazone groups is 1. The molecule has 116 valence electrons. The van der Waals surface area contributed by atoms with Gasteiger partial charge in [0.1, 0.15) is 18.4 Å². The Morgan fingerprint density at radius 1 is 1.41 bits per heavy atom. The number of fused-ring (bicyclic) bond motifs is 3. The average Bonchev–Trinajstić information content (AvgIpc) is 2.46. The van der Waals surface area contributed by atoms with Crippen LogP contribution < -0.4 is 25.7 Å². The summed E-state index contributed by atoms with van der Waals surface area (Å²) in [5.41, 5.74) is 5.65. The standard InChI is InChI=1S/C15H19N5O2/c1-8-3-13-12(4-11(8)17-10-5-16-6-10)20-9(2)15(21)19-18-14(20)7-22-13/h3-4,9-10,16-17H,5-7H2,1-2H3,(H,19,21)/t9-/m0/s1. The number of anilines is 2. The number of carbonyl (C=O) groups excluding carboxylic acids is 1. The first-order valence-electron chi connectivity index (χ1n) is 7.54. The molecular formula is C15H19N5O2. The summed E-state index contributed by atoms with van der Waals surface area (Å²) in [7, 11) is 0. The number of carbonyl (C=O) groups is 1. The molecule has 4 rings (SSSR count). The van der Waals surface area contributed by atoms with Gasteiger partial charge in [0.15, 0.2) is 5.84 Å². The lowest BCUT2D eigenvalue weighted by Crippen LogP contribution is -2.55. The number of rotatable bonds is 2. The second-order valence-electron chi connectivity index (χ2n) is 5.97. The molecule has 1 atom stereocenters. The Bertz CT molecular complexity index is 668. The molecule has 22 heavy (non-hydrogen) atoms. The number of amidine groups is 1. The van der Waals surface area contributed by atoms with Crippen molar-refractivity contribution >= 4 is 23.1 Å². The molecule has 7 nitrogen and oxygen atoms in total. The molecular weight excluding hydrogens is 282 g/mol. The van der Waals surface area contributed by atoms with Crippen molar-refractivity contribution in [2.24, 2.45) is 5.10 Å². The van der Waals surface area contributed by atoms with Gasteiger partial charge in [-0.2, -0.15) is 5.10 Å². The summed E-state index contributed by atoms with van der Waals surface area (Å²) in [6, 6.07) is 4.25. The molecule has 0 unspecified atom stereocenters. The van der Waals surface area contributed by atoms with E-state index in [2.05, 4.69) is 34.2 Å². The minimum absolute atomic E-state index is 0.102. The lowest BCUT2D eigenvalue weighted by Gasteiger charge is -2.39. The zero-order valence-corrected chi connectivity index (χ0v) is 12.6. The van der Waals surface area contributed by atoms with Gasteiger partial charge in [0.2, 0.25) is 0 Å². The van der Waals surface area contributed by atoms with Crippen LogP contribution in [0.15, 0.2) is 17.2 Å². The van der Waals surface area contributed by atoms with Gasteiger partial charge in [-0.25, -0.2) is 5.43 Å². The summed E-state index contributed by atoms with van der Waals surface area (Å²) >= 11 is 0. The second-order valence-corrected chi connectivity index (χ2v) is 5.97. The molecule has 3 aliphatic rings. The number of hydrogen-bond donors (Lipinski definition) is 3. The van der Waals surface area contributed by atoms with Gasteiger partial charge in [-0.3, -0.25) is 4.79 Å². The summed E-state index contributed by atoms with van der Waals surface area (Å²) in [5.74, 6) is 1.44. The Hall–Kier alpha value is -2.28. The minimum Gasteiger partial charge on any atom is -0.483 e. The van der Waals surface area contributed by atoms with Crippen LogP contribution >= 0.6 is 0 Å². The van der Waals surface area contributed by atoms with Gasteiger partial charge >= 0.3 is 0 Å². The summed E-state index contributed by atoms with van der Waals surface area (Å²) in [6.07, 6.45) is 0. The zero-order valence-electron chi connectivity index (χ0n) is 12.6. The Morgan fingerprint density at radius 3 is 2.95 bits per heavy atom. The van der Waals surface area contributed by atoms with E-state index < -0.39 is 0 Å². The van der Waals surface area contributed by atoms with E-state index in [0.717, 1.165) is 41.6 Å². The number of hydrogen-bond acceptors (Lipinski definition) is 6. The van der Waals surface area contributed by atoms with Crippen LogP contribution in [0.1, 0.15) is 12.5 Å². The molecule has 0 aliphatic carbocycles. The molecule has 0 spiro atoms. The summed E-state index contributed by atoms with van der Waals surface area (Å²) < 4.78 is 5.79. The highest BCUT2D eigenvalue weighted by molar-refractivity contribution is 6.09. The molecule has 3 heterocycles. The van der Waals surface area contributed by atoms with Gasteiger partial charge in [0, 0.05) is 18.8 Å². The van der Waals surface area contributed by atoms with E-state index in [1.807, 2.05) is 17.9 Å². The fraction of sp³-hybridized carbons (Fsp3) is 0.467. The maximum absolute atomic E-state index is 11.9. The second kappa shape index (κ2) is 4.88. The Morgan fingerprint density at radius 2 is 2.23 bits per heavy atom. The van der Waals surface area contributed by atoms with Crippen molar-refractivity contribution < 1.29 is 9.53 Å². The molecule has 0 aromatic heterocycles. The third-order valence-corrected chi connectivity index (χ3v) is 4.40. The Kier molecular flexibility index (Phi) is 2.97. The van der Waals surface area contributed by atoms with Crippen molar-refractivity contribution in [1.82, 2.24) is 10.7 Å². The lowest BCUT2D eigenvalue weighted by atomic mass is 10.1. The van der Waals surface area contributed by atoms with Crippen LogP contribution in [0.5, 0.6) is 5.75 Å². The van der Waals surface area contributed by atoms with Gasteiger partial charge in [0.25, 0.3) is 5.91 Å². The molecule has 0 radical (unpaired) electrons. The van der Waals surface area contributed by atoms with Gasteiger partial charge < -0.3 is 20.3 Å². The molecule has 0 saturated carbocycles. The van der Waals surface area contributed by atoms with Crippen LogP contribution in [0.3, 0.4) is 0 Å². The van der Waals surface area contributed by atoms with Gasteiger partial charge in [0.05, 0.1) is 11.7 Å². The molecule has 7 heteroatoms. The topological polar surface area (TPSA) is 78.0 Å². The van der Waals surface area contributed by atoms with Crippen LogP contribution in [0, 0.1) is 6.92 Å². The van der Waals surface area contributed by atoms with E-state index in [4.69, 9.17) is 4.74 Å². The van der Waals surface area contributed by atoms with Gasteiger partial charge in [-0.15, -0.1) is 0 Å².